The Morgan fingerprint density at radius 3 is 2.43 bits per heavy atom. The van der Waals surface area contributed by atoms with E-state index < -0.39 is 5.41 Å². The maximum absolute atomic E-state index is 12.5. The van der Waals surface area contributed by atoms with E-state index in [1.165, 1.54) is 0 Å². The van der Waals surface area contributed by atoms with E-state index in [2.05, 4.69) is 10.6 Å². The van der Waals surface area contributed by atoms with Crippen molar-refractivity contribution in [1.29, 1.82) is 0 Å². The first-order valence-electron chi connectivity index (χ1n) is 7.75. The first-order valence-corrected chi connectivity index (χ1v) is 7.75. The largest absolute Gasteiger partial charge is 0.492 e. The van der Waals surface area contributed by atoms with E-state index >= 15 is 0 Å². The van der Waals surface area contributed by atoms with Crippen LogP contribution in [0.2, 0.25) is 0 Å². The van der Waals surface area contributed by atoms with Crippen molar-refractivity contribution >= 4 is 17.5 Å². The number of para-hydroxylation sites is 2. The molecule has 0 aliphatic carbocycles. The van der Waals surface area contributed by atoms with Crippen molar-refractivity contribution in [2.75, 3.05) is 39.1 Å². The Morgan fingerprint density at radius 2 is 1.83 bits per heavy atom. The molecule has 2 N–H and O–H groups in total. The van der Waals surface area contributed by atoms with Gasteiger partial charge in [0, 0.05) is 13.1 Å². The second-order valence-electron chi connectivity index (χ2n) is 6.07. The third-order valence-corrected chi connectivity index (χ3v) is 3.41. The lowest BCUT2D eigenvalue weighted by Gasteiger charge is -2.24. The van der Waals surface area contributed by atoms with Gasteiger partial charge in [0.15, 0.2) is 0 Å². The monoisotopic (exact) mass is 321 g/mol. The highest BCUT2D eigenvalue weighted by Crippen LogP contribution is 2.26. The smallest absolute Gasteiger partial charge is 0.239 e. The Labute approximate surface area is 138 Å². The van der Waals surface area contributed by atoms with Crippen molar-refractivity contribution in [2.45, 2.75) is 20.8 Å². The van der Waals surface area contributed by atoms with Crippen LogP contribution in [0.4, 0.5) is 5.69 Å². The summed E-state index contributed by atoms with van der Waals surface area (Å²) in [6.07, 6.45) is 0. The van der Waals surface area contributed by atoms with Gasteiger partial charge < -0.3 is 20.3 Å². The van der Waals surface area contributed by atoms with Crippen LogP contribution >= 0.6 is 0 Å². The third-order valence-electron chi connectivity index (χ3n) is 3.41. The topological polar surface area (TPSA) is 70.7 Å². The van der Waals surface area contributed by atoms with Crippen molar-refractivity contribution in [3.05, 3.63) is 24.3 Å². The number of anilines is 1. The Bertz CT molecular complexity index is 542. The number of carbonyl (C=O) groups is 2. The van der Waals surface area contributed by atoms with E-state index in [1.807, 2.05) is 38.1 Å². The van der Waals surface area contributed by atoms with Crippen molar-refractivity contribution in [3.8, 4) is 5.75 Å². The maximum atomic E-state index is 12.5. The number of carbonyl (C=O) groups excluding carboxylic acids is 2. The number of hydrogen-bond acceptors (Lipinski definition) is 4. The van der Waals surface area contributed by atoms with Crippen molar-refractivity contribution in [2.24, 2.45) is 5.41 Å². The molecular weight excluding hydrogens is 294 g/mol. The third kappa shape index (κ3) is 5.56. The summed E-state index contributed by atoms with van der Waals surface area (Å²) in [6.45, 7) is 6.81. The number of amides is 2. The van der Waals surface area contributed by atoms with Gasteiger partial charge >= 0.3 is 0 Å². The molecule has 128 valence electrons. The predicted molar refractivity (Wildman–Crippen MR) is 91.6 cm³/mol. The Hall–Kier alpha value is -2.08. The summed E-state index contributed by atoms with van der Waals surface area (Å²) in [5, 5.41) is 5.57. The van der Waals surface area contributed by atoms with Gasteiger partial charge in [0.1, 0.15) is 11.2 Å². The summed E-state index contributed by atoms with van der Waals surface area (Å²) in [5.41, 5.74) is -0.612. The zero-order chi connectivity index (χ0) is 17.5. The van der Waals surface area contributed by atoms with Crippen molar-refractivity contribution in [1.82, 2.24) is 10.2 Å². The van der Waals surface area contributed by atoms with Crippen LogP contribution in [0.15, 0.2) is 24.3 Å². The molecule has 6 nitrogen and oxygen atoms in total. The molecule has 0 bridgehead atoms. The maximum Gasteiger partial charge on any atom is 0.239 e. The lowest BCUT2D eigenvalue weighted by Crippen LogP contribution is -2.46. The fourth-order valence-electron chi connectivity index (χ4n) is 1.85. The molecule has 1 aromatic rings. The van der Waals surface area contributed by atoms with E-state index in [0.29, 0.717) is 24.6 Å². The zero-order valence-corrected chi connectivity index (χ0v) is 14.6. The molecule has 0 aromatic heterocycles. The summed E-state index contributed by atoms with van der Waals surface area (Å²) < 4.78 is 5.48. The molecule has 0 atom stereocenters. The normalized spacial score (nSPS) is 11.2. The van der Waals surface area contributed by atoms with Crippen molar-refractivity contribution in [3.63, 3.8) is 0 Å². The van der Waals surface area contributed by atoms with Crippen LogP contribution in [0.25, 0.3) is 0 Å². The molecule has 1 aromatic carbocycles. The zero-order valence-electron chi connectivity index (χ0n) is 14.6. The molecule has 0 saturated carbocycles. The highest BCUT2D eigenvalue weighted by molar-refractivity contribution is 6.10. The van der Waals surface area contributed by atoms with E-state index in [9.17, 15) is 9.59 Å². The molecule has 2 amide bonds. The Kier molecular flexibility index (Phi) is 7.03. The molecule has 6 heteroatoms. The number of hydrogen-bond donors (Lipinski definition) is 2. The molecule has 1 rings (SSSR count). The summed E-state index contributed by atoms with van der Waals surface area (Å²) in [5.74, 6) is -0.0788. The van der Waals surface area contributed by atoms with Gasteiger partial charge in [-0.1, -0.05) is 12.1 Å². The minimum atomic E-state index is -1.17. The lowest BCUT2D eigenvalue weighted by atomic mass is 9.91. The van der Waals surface area contributed by atoms with Gasteiger partial charge in [-0.25, -0.2) is 0 Å². The SMILES string of the molecule is CCOc1ccccc1NC(=O)C(C)(C)C(=O)NCCN(C)C. The summed E-state index contributed by atoms with van der Waals surface area (Å²) in [4.78, 5) is 26.7. The minimum Gasteiger partial charge on any atom is -0.492 e. The summed E-state index contributed by atoms with van der Waals surface area (Å²) in [6, 6.07) is 7.17. The van der Waals surface area contributed by atoms with Crippen LogP contribution in [-0.2, 0) is 9.59 Å². The summed E-state index contributed by atoms with van der Waals surface area (Å²) in [7, 11) is 3.85. The Morgan fingerprint density at radius 1 is 1.17 bits per heavy atom. The number of nitrogens with zero attached hydrogens (tertiary/aromatic N) is 1. The van der Waals surface area contributed by atoms with E-state index in [1.54, 1.807) is 26.0 Å². The minimum absolute atomic E-state index is 0.300. The fourth-order valence-corrected chi connectivity index (χ4v) is 1.85. The number of ether oxygens (including phenoxy) is 1. The molecule has 0 unspecified atom stereocenters. The standard InChI is InChI=1S/C17H27N3O3/c1-6-23-14-10-8-7-9-13(14)19-16(22)17(2,3)15(21)18-11-12-20(4)5/h7-10H,6,11-12H2,1-5H3,(H,18,21)(H,19,22). The van der Waals surface area contributed by atoms with Gasteiger partial charge in [-0.3, -0.25) is 9.59 Å². The van der Waals surface area contributed by atoms with Crippen LogP contribution < -0.4 is 15.4 Å². The number of nitrogens with one attached hydrogen (secondary N) is 2. The highest BCUT2D eigenvalue weighted by atomic mass is 16.5. The van der Waals surface area contributed by atoms with Gasteiger partial charge in [0.05, 0.1) is 12.3 Å². The molecule has 0 radical (unpaired) electrons. The quantitative estimate of drug-likeness (QED) is 0.715. The van der Waals surface area contributed by atoms with Crippen LogP contribution in [-0.4, -0.2) is 50.5 Å². The molecule has 0 fully saturated rings. The van der Waals surface area contributed by atoms with Gasteiger partial charge in [-0.2, -0.15) is 0 Å². The van der Waals surface area contributed by atoms with Gasteiger partial charge in [-0.15, -0.1) is 0 Å². The number of benzene rings is 1. The molecular formula is C17H27N3O3. The molecule has 0 aliphatic rings. The fraction of sp³-hybridized carbons (Fsp3) is 0.529. The molecule has 0 spiro atoms. The second kappa shape index (κ2) is 8.53. The van der Waals surface area contributed by atoms with E-state index in [-0.39, 0.29) is 11.8 Å². The van der Waals surface area contributed by atoms with E-state index in [4.69, 9.17) is 4.74 Å². The predicted octanol–water partition coefficient (Wildman–Crippen LogP) is 1.73. The lowest BCUT2D eigenvalue weighted by molar-refractivity contribution is -0.138. The van der Waals surface area contributed by atoms with Crippen molar-refractivity contribution < 1.29 is 14.3 Å². The Balaban J connectivity index is 2.73. The average Bonchev–Trinajstić information content (AvgIpc) is 2.48. The van der Waals surface area contributed by atoms with Crippen LogP contribution in [0.1, 0.15) is 20.8 Å². The van der Waals surface area contributed by atoms with E-state index in [0.717, 1.165) is 6.54 Å². The first kappa shape index (κ1) is 19.0. The number of rotatable bonds is 8. The number of likely N-dealkylation sites (N-methyl/N-ethyl adjacent to an activating group) is 1. The average molecular weight is 321 g/mol. The van der Waals surface area contributed by atoms with Gasteiger partial charge in [0.2, 0.25) is 11.8 Å². The molecule has 0 saturated heterocycles. The molecule has 23 heavy (non-hydrogen) atoms. The first-order chi connectivity index (χ1) is 10.8. The summed E-state index contributed by atoms with van der Waals surface area (Å²) >= 11 is 0. The van der Waals surface area contributed by atoms with Crippen LogP contribution in [0, 0.1) is 5.41 Å². The van der Waals surface area contributed by atoms with Gasteiger partial charge in [-0.05, 0) is 47.0 Å². The van der Waals surface area contributed by atoms with Gasteiger partial charge in [0.25, 0.3) is 0 Å². The van der Waals surface area contributed by atoms with Crippen LogP contribution in [0.3, 0.4) is 0 Å². The second-order valence-corrected chi connectivity index (χ2v) is 6.07. The molecule has 0 heterocycles. The van der Waals surface area contributed by atoms with Crippen LogP contribution in [0.5, 0.6) is 5.75 Å². The highest BCUT2D eigenvalue weighted by Gasteiger charge is 2.36. The molecule has 0 aliphatic heterocycles.